The molecule has 3 rings (SSSR count). The summed E-state index contributed by atoms with van der Waals surface area (Å²) < 4.78 is 34.3. The van der Waals surface area contributed by atoms with Crippen LogP contribution in [0.15, 0.2) is 41.8 Å². The highest BCUT2D eigenvalue weighted by atomic mass is 32.2. The van der Waals surface area contributed by atoms with Gasteiger partial charge in [0.2, 0.25) is 0 Å². The lowest BCUT2D eigenvalue weighted by Crippen LogP contribution is -2.42. The van der Waals surface area contributed by atoms with Gasteiger partial charge in [0.15, 0.2) is 16.4 Å². The molecule has 1 amide bonds. The summed E-state index contributed by atoms with van der Waals surface area (Å²) in [5, 5.41) is 1.94. The molecule has 0 N–H and O–H groups in total. The molecule has 1 atom stereocenters. The molecule has 2 aromatic rings. The van der Waals surface area contributed by atoms with Crippen molar-refractivity contribution in [2.45, 2.75) is 19.0 Å². The summed E-state index contributed by atoms with van der Waals surface area (Å²) in [6.45, 7) is 0.275. The zero-order valence-corrected chi connectivity index (χ0v) is 16.1. The Morgan fingerprint density at radius 1 is 1.23 bits per heavy atom. The van der Waals surface area contributed by atoms with Gasteiger partial charge < -0.3 is 14.4 Å². The number of ether oxygens (including phenoxy) is 2. The third-order valence-corrected chi connectivity index (χ3v) is 6.91. The largest absolute Gasteiger partial charge is 0.497 e. The average molecular weight is 396 g/mol. The van der Waals surface area contributed by atoms with Crippen LogP contribution in [0, 0.1) is 0 Å². The summed E-state index contributed by atoms with van der Waals surface area (Å²) in [6.07, 6.45) is 0.474. The van der Waals surface area contributed by atoms with Crippen LogP contribution in [-0.4, -0.2) is 50.5 Å². The zero-order chi connectivity index (χ0) is 18.6. The molecule has 0 bridgehead atoms. The van der Waals surface area contributed by atoms with Crippen LogP contribution in [0.3, 0.4) is 0 Å². The van der Waals surface area contributed by atoms with Crippen molar-refractivity contribution < 1.29 is 22.7 Å². The fourth-order valence-corrected chi connectivity index (χ4v) is 5.35. The number of hydrogen-bond acceptors (Lipinski definition) is 6. The molecule has 0 unspecified atom stereocenters. The lowest BCUT2D eigenvalue weighted by Gasteiger charge is -2.28. The fraction of sp³-hybridized carbons (Fsp3) is 0.389. The number of carbonyl (C=O) groups is 1. The summed E-state index contributed by atoms with van der Waals surface area (Å²) >= 11 is 1.55. The van der Waals surface area contributed by atoms with Crippen molar-refractivity contribution in [1.82, 2.24) is 4.90 Å². The standard InChI is InChI=1S/C18H21NO5S2/c1-23-15-4-6-16(7-5-15)24-12-18(20)19(11-17-3-2-9-25-17)14-8-10-26(21,22)13-14/h2-7,9,14H,8,10-13H2,1H3/t14-/m0/s1. The van der Waals surface area contributed by atoms with Crippen molar-refractivity contribution in [1.29, 1.82) is 0 Å². The van der Waals surface area contributed by atoms with Crippen molar-refractivity contribution in [3.63, 3.8) is 0 Å². The number of hydrogen-bond donors (Lipinski definition) is 0. The molecule has 1 aliphatic rings. The van der Waals surface area contributed by atoms with Crippen LogP contribution in [0.4, 0.5) is 0 Å². The molecule has 0 saturated carbocycles. The fourth-order valence-electron chi connectivity index (χ4n) is 2.91. The van der Waals surface area contributed by atoms with E-state index in [4.69, 9.17) is 9.47 Å². The van der Waals surface area contributed by atoms with Gasteiger partial charge in [0.1, 0.15) is 11.5 Å². The van der Waals surface area contributed by atoms with Gasteiger partial charge in [0.25, 0.3) is 5.91 Å². The van der Waals surface area contributed by atoms with Crippen molar-refractivity contribution in [3.05, 3.63) is 46.7 Å². The Labute approximate surface area is 157 Å². The van der Waals surface area contributed by atoms with E-state index in [2.05, 4.69) is 0 Å². The SMILES string of the molecule is COc1ccc(OCC(=O)N(Cc2cccs2)[C@H]2CCS(=O)(=O)C2)cc1. The van der Waals surface area contributed by atoms with Crippen molar-refractivity contribution in [3.8, 4) is 11.5 Å². The van der Waals surface area contributed by atoms with E-state index >= 15 is 0 Å². The molecule has 1 aliphatic heterocycles. The minimum Gasteiger partial charge on any atom is -0.497 e. The number of methoxy groups -OCH3 is 1. The van der Waals surface area contributed by atoms with E-state index in [-0.39, 0.29) is 30.1 Å². The molecule has 6 nitrogen and oxygen atoms in total. The summed E-state index contributed by atoms with van der Waals surface area (Å²) in [5.74, 6) is 1.21. The quantitative estimate of drug-likeness (QED) is 0.720. The van der Waals surface area contributed by atoms with Crippen molar-refractivity contribution in [2.75, 3.05) is 25.2 Å². The van der Waals surface area contributed by atoms with Crippen LogP contribution in [-0.2, 0) is 21.2 Å². The zero-order valence-electron chi connectivity index (χ0n) is 14.5. The molecule has 8 heteroatoms. The normalized spacial score (nSPS) is 18.4. The van der Waals surface area contributed by atoms with Gasteiger partial charge in [-0.2, -0.15) is 0 Å². The molecule has 140 valence electrons. The molecular formula is C18H21NO5S2. The number of amides is 1. The molecule has 1 saturated heterocycles. The Balaban J connectivity index is 1.67. The van der Waals surface area contributed by atoms with Gasteiger partial charge in [-0.25, -0.2) is 8.42 Å². The Hall–Kier alpha value is -2.06. The first-order valence-electron chi connectivity index (χ1n) is 8.26. The summed E-state index contributed by atoms with van der Waals surface area (Å²) in [7, 11) is -1.49. The van der Waals surface area contributed by atoms with Crippen LogP contribution in [0.1, 0.15) is 11.3 Å². The van der Waals surface area contributed by atoms with Gasteiger partial charge in [0.05, 0.1) is 25.2 Å². The van der Waals surface area contributed by atoms with Crippen LogP contribution in [0.5, 0.6) is 11.5 Å². The summed E-state index contributed by atoms with van der Waals surface area (Å²) in [4.78, 5) is 15.4. The van der Waals surface area contributed by atoms with Crippen LogP contribution in [0.25, 0.3) is 0 Å². The van der Waals surface area contributed by atoms with Crippen molar-refractivity contribution >= 4 is 27.1 Å². The second-order valence-electron chi connectivity index (χ2n) is 6.12. The van der Waals surface area contributed by atoms with Gasteiger partial charge in [-0.3, -0.25) is 4.79 Å². The second-order valence-corrected chi connectivity index (χ2v) is 9.38. The monoisotopic (exact) mass is 395 g/mol. The Morgan fingerprint density at radius 3 is 2.54 bits per heavy atom. The molecule has 1 aromatic carbocycles. The Morgan fingerprint density at radius 2 is 1.96 bits per heavy atom. The van der Waals surface area contributed by atoms with Crippen LogP contribution < -0.4 is 9.47 Å². The molecule has 0 spiro atoms. The van der Waals surface area contributed by atoms with E-state index in [1.165, 1.54) is 0 Å². The van der Waals surface area contributed by atoms with Gasteiger partial charge in [-0.05, 0) is 42.1 Å². The molecule has 1 aromatic heterocycles. The van der Waals surface area contributed by atoms with E-state index < -0.39 is 9.84 Å². The highest BCUT2D eigenvalue weighted by Gasteiger charge is 2.34. The summed E-state index contributed by atoms with van der Waals surface area (Å²) in [5.41, 5.74) is 0. The third kappa shape index (κ3) is 4.76. The lowest BCUT2D eigenvalue weighted by atomic mass is 10.2. The maximum Gasteiger partial charge on any atom is 0.261 e. The minimum absolute atomic E-state index is 0.0205. The second kappa shape index (κ2) is 8.09. The first-order valence-corrected chi connectivity index (χ1v) is 11.0. The Kier molecular flexibility index (Phi) is 5.83. The maximum absolute atomic E-state index is 12.7. The maximum atomic E-state index is 12.7. The van der Waals surface area contributed by atoms with Crippen LogP contribution >= 0.6 is 11.3 Å². The van der Waals surface area contributed by atoms with E-state index in [1.807, 2.05) is 17.5 Å². The molecule has 26 heavy (non-hydrogen) atoms. The predicted octanol–water partition coefficient (Wildman–Crippen LogP) is 2.35. The number of thiophene rings is 1. The number of benzene rings is 1. The average Bonchev–Trinajstić information content (AvgIpc) is 3.27. The summed E-state index contributed by atoms with van der Waals surface area (Å²) in [6, 6.07) is 10.5. The molecular weight excluding hydrogens is 374 g/mol. The number of nitrogens with zero attached hydrogens (tertiary/aromatic N) is 1. The lowest BCUT2D eigenvalue weighted by molar-refractivity contribution is -0.135. The van der Waals surface area contributed by atoms with E-state index in [0.29, 0.717) is 24.5 Å². The first-order chi connectivity index (χ1) is 12.5. The van der Waals surface area contributed by atoms with Gasteiger partial charge in [-0.1, -0.05) is 6.07 Å². The van der Waals surface area contributed by atoms with E-state index in [9.17, 15) is 13.2 Å². The van der Waals surface area contributed by atoms with Gasteiger partial charge >= 0.3 is 0 Å². The Bertz CT molecular complexity index is 831. The highest BCUT2D eigenvalue weighted by molar-refractivity contribution is 7.91. The highest BCUT2D eigenvalue weighted by Crippen LogP contribution is 2.23. The number of sulfone groups is 1. The topological polar surface area (TPSA) is 72.9 Å². The van der Waals surface area contributed by atoms with Crippen LogP contribution in [0.2, 0.25) is 0 Å². The smallest absolute Gasteiger partial charge is 0.261 e. The predicted molar refractivity (Wildman–Crippen MR) is 100 cm³/mol. The van der Waals surface area contributed by atoms with Gasteiger partial charge in [0, 0.05) is 10.9 Å². The third-order valence-electron chi connectivity index (χ3n) is 4.30. The molecule has 0 aliphatic carbocycles. The number of carbonyl (C=O) groups excluding carboxylic acids is 1. The van der Waals surface area contributed by atoms with E-state index in [0.717, 1.165) is 4.88 Å². The molecule has 2 heterocycles. The minimum atomic E-state index is -3.07. The van der Waals surface area contributed by atoms with E-state index in [1.54, 1.807) is 47.6 Å². The van der Waals surface area contributed by atoms with Gasteiger partial charge in [-0.15, -0.1) is 11.3 Å². The molecule has 0 radical (unpaired) electrons. The van der Waals surface area contributed by atoms with Crippen molar-refractivity contribution in [2.24, 2.45) is 0 Å². The first kappa shape index (κ1) is 18.7. The number of rotatable bonds is 7. The molecule has 1 fully saturated rings.